The number of imidazole rings is 1. The van der Waals surface area contributed by atoms with Crippen molar-refractivity contribution in [2.24, 2.45) is 13.0 Å². The van der Waals surface area contributed by atoms with Gasteiger partial charge in [0.25, 0.3) is 5.91 Å². The maximum absolute atomic E-state index is 12.6. The van der Waals surface area contributed by atoms with Gasteiger partial charge in [-0.2, -0.15) is 0 Å². The summed E-state index contributed by atoms with van der Waals surface area (Å²) in [6.45, 7) is 4.91. The highest BCUT2D eigenvalue weighted by Gasteiger charge is 2.27. The quantitative estimate of drug-likeness (QED) is 0.927. The van der Waals surface area contributed by atoms with Crippen LogP contribution >= 0.6 is 0 Å². The third kappa shape index (κ3) is 2.66. The van der Waals surface area contributed by atoms with Crippen LogP contribution in [-0.2, 0) is 11.8 Å². The second kappa shape index (κ2) is 5.96. The molecule has 1 saturated heterocycles. The zero-order chi connectivity index (χ0) is 15.7. The molecule has 1 atom stereocenters. The van der Waals surface area contributed by atoms with Crippen molar-refractivity contribution < 1.29 is 9.53 Å². The van der Waals surface area contributed by atoms with Crippen LogP contribution in [0.5, 0.6) is 0 Å². The largest absolute Gasteiger partial charge is 0.381 e. The van der Waals surface area contributed by atoms with E-state index in [1.54, 1.807) is 25.2 Å². The van der Waals surface area contributed by atoms with Gasteiger partial charge in [0, 0.05) is 38.2 Å². The summed E-state index contributed by atoms with van der Waals surface area (Å²) in [6.07, 6.45) is 0.983. The van der Waals surface area contributed by atoms with Gasteiger partial charge in [-0.1, -0.05) is 0 Å². The van der Waals surface area contributed by atoms with Gasteiger partial charge in [-0.05, 0) is 31.5 Å². The fourth-order valence-corrected chi connectivity index (χ4v) is 2.98. The van der Waals surface area contributed by atoms with Crippen LogP contribution in [0.3, 0.4) is 0 Å². The summed E-state index contributed by atoms with van der Waals surface area (Å²) >= 11 is 0. The van der Waals surface area contributed by atoms with Gasteiger partial charge >= 0.3 is 5.69 Å². The monoisotopic (exact) mass is 303 g/mol. The fraction of sp³-hybridized carbons (Fsp3) is 0.500. The van der Waals surface area contributed by atoms with Crippen LogP contribution in [0, 0.1) is 5.92 Å². The van der Waals surface area contributed by atoms with E-state index in [1.165, 1.54) is 4.57 Å². The Morgan fingerprint density at radius 2 is 2.27 bits per heavy atom. The second-order valence-corrected chi connectivity index (χ2v) is 5.79. The first-order chi connectivity index (χ1) is 10.6. The van der Waals surface area contributed by atoms with Crippen molar-refractivity contribution in [2.45, 2.75) is 13.3 Å². The molecule has 6 nitrogen and oxygen atoms in total. The number of aryl methyl sites for hydroxylation is 1. The Morgan fingerprint density at radius 3 is 3.05 bits per heavy atom. The number of likely N-dealkylation sites (tertiary alicyclic amines) is 1. The minimum absolute atomic E-state index is 0.0227. The van der Waals surface area contributed by atoms with Crippen molar-refractivity contribution in [3.63, 3.8) is 0 Å². The summed E-state index contributed by atoms with van der Waals surface area (Å²) < 4.78 is 6.97. The lowest BCUT2D eigenvalue weighted by Crippen LogP contribution is -2.29. The molecule has 0 aliphatic carbocycles. The Kier molecular flexibility index (Phi) is 4.02. The Hall–Kier alpha value is -2.08. The number of benzene rings is 1. The number of fused-ring (bicyclic) bond motifs is 1. The average Bonchev–Trinajstić information content (AvgIpc) is 3.10. The van der Waals surface area contributed by atoms with Crippen LogP contribution in [-0.4, -0.2) is 46.7 Å². The molecule has 118 valence electrons. The Balaban J connectivity index is 1.78. The molecule has 0 spiro atoms. The lowest BCUT2D eigenvalue weighted by atomic mass is 10.1. The molecule has 0 saturated carbocycles. The molecule has 0 radical (unpaired) electrons. The molecule has 22 heavy (non-hydrogen) atoms. The highest BCUT2D eigenvalue weighted by atomic mass is 16.5. The first kappa shape index (κ1) is 14.8. The van der Waals surface area contributed by atoms with Crippen LogP contribution in [0.25, 0.3) is 11.0 Å². The molecular weight excluding hydrogens is 282 g/mol. The van der Waals surface area contributed by atoms with Crippen LogP contribution in [0.2, 0.25) is 0 Å². The molecule has 6 heteroatoms. The number of amides is 1. The Labute approximate surface area is 128 Å². The lowest BCUT2D eigenvalue weighted by molar-refractivity contribution is 0.0763. The predicted octanol–water partition coefficient (Wildman–Crippen LogP) is 1.37. The number of aromatic amines is 1. The Bertz CT molecular complexity index is 747. The molecule has 1 aromatic carbocycles. The normalized spacial score (nSPS) is 18.3. The van der Waals surface area contributed by atoms with Gasteiger partial charge in [0.05, 0.1) is 17.6 Å². The van der Waals surface area contributed by atoms with Crippen LogP contribution in [0.15, 0.2) is 23.0 Å². The number of nitrogens with one attached hydrogen (secondary N) is 1. The van der Waals surface area contributed by atoms with Gasteiger partial charge in [0.2, 0.25) is 0 Å². The van der Waals surface area contributed by atoms with Crippen LogP contribution < -0.4 is 5.69 Å². The first-order valence-corrected chi connectivity index (χ1v) is 7.66. The molecule has 0 bridgehead atoms. The first-order valence-electron chi connectivity index (χ1n) is 7.66. The average molecular weight is 303 g/mol. The molecule has 1 fully saturated rings. The molecule has 1 aliphatic heterocycles. The zero-order valence-electron chi connectivity index (χ0n) is 13.0. The number of hydrogen-bond donors (Lipinski definition) is 1. The van der Waals surface area contributed by atoms with E-state index < -0.39 is 0 Å². The molecule has 1 N–H and O–H groups in total. The molecule has 1 aliphatic rings. The van der Waals surface area contributed by atoms with E-state index in [0.717, 1.165) is 30.5 Å². The van der Waals surface area contributed by atoms with Gasteiger partial charge < -0.3 is 14.6 Å². The highest BCUT2D eigenvalue weighted by molar-refractivity contribution is 5.97. The number of carbonyl (C=O) groups is 1. The summed E-state index contributed by atoms with van der Waals surface area (Å²) in [6, 6.07) is 5.35. The second-order valence-electron chi connectivity index (χ2n) is 5.79. The Morgan fingerprint density at radius 1 is 1.45 bits per heavy atom. The van der Waals surface area contributed by atoms with Crippen molar-refractivity contribution in [1.29, 1.82) is 0 Å². The molecule has 1 unspecified atom stereocenters. The fourth-order valence-electron chi connectivity index (χ4n) is 2.98. The van der Waals surface area contributed by atoms with Crippen molar-refractivity contribution in [3.8, 4) is 0 Å². The molecule has 2 aromatic rings. The number of aromatic nitrogens is 2. The minimum atomic E-state index is -0.169. The van der Waals surface area contributed by atoms with Crippen molar-refractivity contribution in [2.75, 3.05) is 26.3 Å². The smallest absolute Gasteiger partial charge is 0.326 e. The molecule has 2 heterocycles. The SMILES string of the molecule is CCOCC1CCN(C(=O)c2ccc3[nH]c(=O)n(C)c3c2)C1. The number of nitrogens with zero attached hydrogens (tertiary/aromatic N) is 2. The number of H-pyrrole nitrogens is 1. The van der Waals surface area contributed by atoms with Crippen molar-refractivity contribution in [3.05, 3.63) is 34.2 Å². The van der Waals surface area contributed by atoms with E-state index in [-0.39, 0.29) is 11.6 Å². The van der Waals surface area contributed by atoms with E-state index in [9.17, 15) is 9.59 Å². The summed E-state index contributed by atoms with van der Waals surface area (Å²) in [7, 11) is 1.70. The molecular formula is C16H21N3O3. The number of ether oxygens (including phenoxy) is 1. The van der Waals surface area contributed by atoms with Gasteiger partial charge in [0.15, 0.2) is 0 Å². The van der Waals surface area contributed by atoms with E-state index in [4.69, 9.17) is 4.74 Å². The van der Waals surface area contributed by atoms with Crippen LogP contribution in [0.1, 0.15) is 23.7 Å². The molecule has 3 rings (SSSR count). The topological polar surface area (TPSA) is 67.3 Å². The van der Waals surface area contributed by atoms with E-state index in [0.29, 0.717) is 24.7 Å². The molecule has 1 amide bonds. The summed E-state index contributed by atoms with van der Waals surface area (Å²) in [5.74, 6) is 0.443. The maximum Gasteiger partial charge on any atom is 0.326 e. The van der Waals surface area contributed by atoms with E-state index in [2.05, 4.69) is 4.98 Å². The number of hydrogen-bond acceptors (Lipinski definition) is 3. The third-order valence-electron chi connectivity index (χ3n) is 4.28. The maximum atomic E-state index is 12.6. The lowest BCUT2D eigenvalue weighted by Gasteiger charge is -2.16. The van der Waals surface area contributed by atoms with Gasteiger partial charge in [-0.25, -0.2) is 4.79 Å². The predicted molar refractivity (Wildman–Crippen MR) is 84.0 cm³/mol. The van der Waals surface area contributed by atoms with E-state index >= 15 is 0 Å². The summed E-state index contributed by atoms with van der Waals surface area (Å²) in [4.78, 5) is 28.9. The highest BCUT2D eigenvalue weighted by Crippen LogP contribution is 2.20. The minimum Gasteiger partial charge on any atom is -0.381 e. The van der Waals surface area contributed by atoms with Crippen molar-refractivity contribution in [1.82, 2.24) is 14.5 Å². The van der Waals surface area contributed by atoms with Crippen LogP contribution in [0.4, 0.5) is 0 Å². The van der Waals surface area contributed by atoms with Gasteiger partial charge in [-0.3, -0.25) is 9.36 Å². The third-order valence-corrected chi connectivity index (χ3v) is 4.28. The molecule has 1 aromatic heterocycles. The summed E-state index contributed by atoms with van der Waals surface area (Å²) in [5.41, 5.74) is 1.96. The number of rotatable bonds is 4. The zero-order valence-corrected chi connectivity index (χ0v) is 13.0. The number of carbonyl (C=O) groups excluding carboxylic acids is 1. The van der Waals surface area contributed by atoms with Crippen molar-refractivity contribution >= 4 is 16.9 Å². The standard InChI is InChI=1S/C16H21N3O3/c1-3-22-10-11-6-7-19(9-11)15(20)12-4-5-13-14(8-12)18(2)16(21)17-13/h4-5,8,11H,3,6-7,9-10H2,1-2H3,(H,17,21). The summed E-state index contributed by atoms with van der Waals surface area (Å²) in [5, 5.41) is 0. The van der Waals surface area contributed by atoms with Gasteiger partial charge in [0.1, 0.15) is 0 Å². The van der Waals surface area contributed by atoms with E-state index in [1.807, 2.05) is 11.8 Å². The van der Waals surface area contributed by atoms with Gasteiger partial charge in [-0.15, -0.1) is 0 Å².